The number of nitrogens with zero attached hydrogens (tertiary/aromatic N) is 5. The van der Waals surface area contributed by atoms with Crippen LogP contribution in [0.15, 0.2) is 48.5 Å². The van der Waals surface area contributed by atoms with Crippen LogP contribution in [-0.4, -0.2) is 64.9 Å². The first-order chi connectivity index (χ1) is 17.1. The average Bonchev–Trinajstić information content (AvgIpc) is 3.17. The first kappa shape index (κ1) is 25.3. The zero-order chi connectivity index (χ0) is 24.5. The van der Waals surface area contributed by atoms with Crippen molar-refractivity contribution in [1.29, 1.82) is 5.26 Å². The molecule has 0 N–H and O–H groups in total. The molecule has 7 nitrogen and oxygen atoms in total. The standard InChI is InChI=1S/C28H37N5O2/c29-21-24-7-5-8-25(19-24)22-31-15-13-30(14-16-31)17-18-32(27-10-3-1-2-4-11-27)23-26-9-6-12-28(20-26)33(34)35/h5-9,12,19-20,27H,1-4,10-11,13-18,22-23H2. The molecule has 1 aliphatic heterocycles. The molecule has 0 atom stereocenters. The van der Waals surface area contributed by atoms with E-state index in [-0.39, 0.29) is 10.6 Å². The van der Waals surface area contributed by atoms with Crippen LogP contribution in [0.2, 0.25) is 0 Å². The summed E-state index contributed by atoms with van der Waals surface area (Å²) in [5, 5.41) is 20.4. The second-order valence-corrected chi connectivity index (χ2v) is 9.97. The SMILES string of the molecule is N#Cc1cccc(CN2CCN(CCN(Cc3cccc([N+](=O)[O-])c3)C3CCCCCC3)CC2)c1. The molecular weight excluding hydrogens is 438 g/mol. The average molecular weight is 476 g/mol. The van der Waals surface area contributed by atoms with Gasteiger partial charge in [0.2, 0.25) is 0 Å². The van der Waals surface area contributed by atoms with Crippen molar-refractivity contribution in [3.8, 4) is 6.07 Å². The molecule has 1 saturated heterocycles. The summed E-state index contributed by atoms with van der Waals surface area (Å²) >= 11 is 0. The van der Waals surface area contributed by atoms with Gasteiger partial charge in [0.15, 0.2) is 0 Å². The number of benzene rings is 2. The van der Waals surface area contributed by atoms with Gasteiger partial charge in [0.05, 0.1) is 16.6 Å². The zero-order valence-corrected chi connectivity index (χ0v) is 20.6. The van der Waals surface area contributed by atoms with Crippen LogP contribution in [0.1, 0.15) is 55.2 Å². The van der Waals surface area contributed by atoms with Crippen LogP contribution in [-0.2, 0) is 13.1 Å². The Morgan fingerprint density at radius 2 is 1.63 bits per heavy atom. The number of non-ortho nitro benzene ring substituents is 1. The lowest BCUT2D eigenvalue weighted by Crippen LogP contribution is -2.49. The number of nitro groups is 1. The van der Waals surface area contributed by atoms with Crippen LogP contribution in [0.3, 0.4) is 0 Å². The Hall–Kier alpha value is -2.79. The fourth-order valence-corrected chi connectivity index (χ4v) is 5.45. The Morgan fingerprint density at radius 1 is 0.943 bits per heavy atom. The summed E-state index contributed by atoms with van der Waals surface area (Å²) in [6.07, 6.45) is 7.65. The van der Waals surface area contributed by atoms with Crippen molar-refractivity contribution in [2.45, 2.75) is 57.7 Å². The maximum atomic E-state index is 11.3. The number of nitro benzene ring substituents is 1. The van der Waals surface area contributed by atoms with Crippen LogP contribution < -0.4 is 0 Å². The quantitative estimate of drug-likeness (QED) is 0.294. The van der Waals surface area contributed by atoms with E-state index in [1.54, 1.807) is 12.1 Å². The smallest absolute Gasteiger partial charge is 0.269 e. The molecule has 2 aromatic rings. The highest BCUT2D eigenvalue weighted by Crippen LogP contribution is 2.24. The van der Waals surface area contributed by atoms with Gasteiger partial charge in [-0.2, -0.15) is 5.26 Å². The van der Waals surface area contributed by atoms with E-state index in [0.717, 1.165) is 63.5 Å². The highest BCUT2D eigenvalue weighted by Gasteiger charge is 2.23. The molecule has 186 valence electrons. The van der Waals surface area contributed by atoms with Crippen LogP contribution in [0, 0.1) is 21.4 Å². The summed E-state index contributed by atoms with van der Waals surface area (Å²) in [5.41, 5.74) is 3.14. The first-order valence-electron chi connectivity index (χ1n) is 13.0. The minimum absolute atomic E-state index is 0.180. The third-order valence-electron chi connectivity index (χ3n) is 7.48. The third kappa shape index (κ3) is 7.60. The maximum absolute atomic E-state index is 11.3. The van der Waals surface area contributed by atoms with E-state index in [0.29, 0.717) is 6.04 Å². The molecule has 4 rings (SSSR count). The van der Waals surface area contributed by atoms with Crippen LogP contribution in [0.25, 0.3) is 0 Å². The van der Waals surface area contributed by atoms with Crippen LogP contribution >= 0.6 is 0 Å². The van der Waals surface area contributed by atoms with Crippen molar-refractivity contribution in [3.63, 3.8) is 0 Å². The second-order valence-electron chi connectivity index (χ2n) is 9.97. The molecule has 1 aliphatic carbocycles. The van der Waals surface area contributed by atoms with Crippen molar-refractivity contribution < 1.29 is 4.92 Å². The largest absolute Gasteiger partial charge is 0.300 e. The molecule has 0 aromatic heterocycles. The summed E-state index contributed by atoms with van der Waals surface area (Å²) in [6.45, 7) is 7.86. The highest BCUT2D eigenvalue weighted by atomic mass is 16.6. The van der Waals surface area contributed by atoms with E-state index in [1.165, 1.54) is 44.1 Å². The highest BCUT2D eigenvalue weighted by molar-refractivity contribution is 5.34. The van der Waals surface area contributed by atoms with Gasteiger partial charge < -0.3 is 0 Å². The first-order valence-corrected chi connectivity index (χ1v) is 13.0. The Balaban J connectivity index is 1.32. The molecule has 0 amide bonds. The van der Waals surface area contributed by atoms with Crippen molar-refractivity contribution in [1.82, 2.24) is 14.7 Å². The van der Waals surface area contributed by atoms with Gasteiger partial charge in [0.1, 0.15) is 0 Å². The summed E-state index contributed by atoms with van der Waals surface area (Å²) in [4.78, 5) is 18.6. The second kappa shape index (κ2) is 12.8. The summed E-state index contributed by atoms with van der Waals surface area (Å²) in [5.74, 6) is 0. The summed E-state index contributed by atoms with van der Waals surface area (Å²) < 4.78 is 0. The van der Waals surface area contributed by atoms with Crippen LogP contribution in [0.5, 0.6) is 0 Å². The molecule has 35 heavy (non-hydrogen) atoms. The minimum atomic E-state index is -0.296. The van der Waals surface area contributed by atoms with Gasteiger partial charge in [-0.25, -0.2) is 0 Å². The molecule has 0 radical (unpaired) electrons. The number of hydrogen-bond donors (Lipinski definition) is 0. The molecule has 1 saturated carbocycles. The van der Waals surface area contributed by atoms with E-state index >= 15 is 0 Å². The molecule has 2 aromatic carbocycles. The van der Waals surface area contributed by atoms with E-state index in [2.05, 4.69) is 26.8 Å². The van der Waals surface area contributed by atoms with Gasteiger partial charge >= 0.3 is 0 Å². The van der Waals surface area contributed by atoms with Gasteiger partial charge in [-0.15, -0.1) is 0 Å². The van der Waals surface area contributed by atoms with Crippen molar-refractivity contribution >= 4 is 5.69 Å². The molecule has 0 bridgehead atoms. The lowest BCUT2D eigenvalue weighted by Gasteiger charge is -2.37. The Labute approximate surface area is 209 Å². The van der Waals surface area contributed by atoms with Gasteiger partial charge in [-0.3, -0.25) is 24.8 Å². The molecule has 0 unspecified atom stereocenters. The van der Waals surface area contributed by atoms with Gasteiger partial charge in [0, 0.05) is 70.5 Å². The Bertz CT molecular complexity index is 1000. The fourth-order valence-electron chi connectivity index (χ4n) is 5.45. The maximum Gasteiger partial charge on any atom is 0.269 e. The van der Waals surface area contributed by atoms with E-state index < -0.39 is 0 Å². The molecule has 7 heteroatoms. The van der Waals surface area contributed by atoms with E-state index in [4.69, 9.17) is 5.26 Å². The van der Waals surface area contributed by atoms with E-state index in [9.17, 15) is 10.1 Å². The Kier molecular flexibility index (Phi) is 9.24. The topological polar surface area (TPSA) is 76.7 Å². The summed E-state index contributed by atoms with van der Waals surface area (Å²) in [7, 11) is 0. The Morgan fingerprint density at radius 3 is 2.34 bits per heavy atom. The number of rotatable bonds is 9. The van der Waals surface area contributed by atoms with Gasteiger partial charge in [0.25, 0.3) is 5.69 Å². The lowest BCUT2D eigenvalue weighted by atomic mass is 10.1. The summed E-state index contributed by atoms with van der Waals surface area (Å²) in [6, 6.07) is 17.9. The molecule has 2 fully saturated rings. The van der Waals surface area contributed by atoms with Crippen molar-refractivity contribution in [2.75, 3.05) is 39.3 Å². The van der Waals surface area contributed by atoms with Gasteiger partial charge in [-0.05, 0) is 36.1 Å². The van der Waals surface area contributed by atoms with Crippen molar-refractivity contribution in [3.05, 3.63) is 75.3 Å². The zero-order valence-electron chi connectivity index (χ0n) is 20.6. The van der Waals surface area contributed by atoms with Gasteiger partial charge in [-0.1, -0.05) is 49.9 Å². The van der Waals surface area contributed by atoms with Crippen LogP contribution in [0.4, 0.5) is 5.69 Å². The fraction of sp³-hybridized carbons (Fsp3) is 0.536. The molecule has 0 spiro atoms. The monoisotopic (exact) mass is 475 g/mol. The molecule has 2 aliphatic rings. The molecular formula is C28H37N5O2. The predicted octanol–water partition coefficient (Wildman–Crippen LogP) is 4.81. The van der Waals surface area contributed by atoms with Crippen molar-refractivity contribution in [2.24, 2.45) is 0 Å². The number of piperazine rings is 1. The predicted molar refractivity (Wildman–Crippen MR) is 138 cm³/mol. The third-order valence-corrected chi connectivity index (χ3v) is 7.48. The molecule has 1 heterocycles. The lowest BCUT2D eigenvalue weighted by molar-refractivity contribution is -0.384. The normalized spacial score (nSPS) is 18.3. The number of hydrogen-bond acceptors (Lipinski definition) is 6. The number of nitriles is 1. The minimum Gasteiger partial charge on any atom is -0.300 e. The van der Waals surface area contributed by atoms with E-state index in [1.807, 2.05) is 30.3 Å².